The zero-order valence-electron chi connectivity index (χ0n) is 13.9. The molecular formula is C19H21NO5. The lowest BCUT2D eigenvalue weighted by Crippen LogP contribution is -2.06. The zero-order valence-corrected chi connectivity index (χ0v) is 13.9. The van der Waals surface area contributed by atoms with Gasteiger partial charge in [-0.15, -0.1) is 0 Å². The molecule has 0 atom stereocenters. The van der Waals surface area contributed by atoms with Crippen LogP contribution in [0, 0.1) is 11.3 Å². The molecule has 0 aliphatic carbocycles. The van der Waals surface area contributed by atoms with Crippen molar-refractivity contribution in [1.29, 1.82) is 5.26 Å². The Morgan fingerprint density at radius 2 is 1.92 bits per heavy atom. The normalized spacial score (nSPS) is 9.28. The summed E-state index contributed by atoms with van der Waals surface area (Å²) in [4.78, 5) is 21.6. The maximum Gasteiger partial charge on any atom is 0.334 e. The van der Waals surface area contributed by atoms with E-state index in [1.165, 1.54) is 6.08 Å². The summed E-state index contributed by atoms with van der Waals surface area (Å²) in [7, 11) is 0. The molecule has 0 saturated heterocycles. The van der Waals surface area contributed by atoms with Crippen LogP contribution in [-0.4, -0.2) is 30.3 Å². The van der Waals surface area contributed by atoms with Gasteiger partial charge in [-0.2, -0.15) is 5.26 Å². The highest BCUT2D eigenvalue weighted by atomic mass is 16.5. The summed E-state index contributed by atoms with van der Waals surface area (Å²) >= 11 is 0. The van der Waals surface area contributed by atoms with Crippen molar-refractivity contribution in [2.75, 3.05) is 13.2 Å². The highest BCUT2D eigenvalue weighted by molar-refractivity contribution is 5.88. The minimum absolute atomic E-state index is 0.0465. The van der Waals surface area contributed by atoms with E-state index in [1.807, 2.05) is 36.4 Å². The molecule has 25 heavy (non-hydrogen) atoms. The monoisotopic (exact) mass is 343 g/mol. The summed E-state index contributed by atoms with van der Waals surface area (Å²) in [5, 5.41) is 16.4. The van der Waals surface area contributed by atoms with Gasteiger partial charge in [-0.1, -0.05) is 49.6 Å². The number of benzene rings is 1. The molecule has 0 bridgehead atoms. The van der Waals surface area contributed by atoms with E-state index in [0.29, 0.717) is 12.0 Å². The SMILES string of the molecule is C=C(CC=CC#N)C(=O)OCc1ccccc1.C=CC(=O)OCCO. The van der Waals surface area contributed by atoms with Gasteiger partial charge in [0.1, 0.15) is 13.2 Å². The number of aliphatic hydroxyl groups is 1. The minimum Gasteiger partial charge on any atom is -0.460 e. The second-order valence-electron chi connectivity index (χ2n) is 4.50. The number of hydrogen-bond acceptors (Lipinski definition) is 6. The minimum atomic E-state index is -0.501. The number of nitrogens with zero attached hydrogens (tertiary/aromatic N) is 1. The second kappa shape index (κ2) is 14.4. The van der Waals surface area contributed by atoms with Gasteiger partial charge in [-0.05, 0) is 12.0 Å². The smallest absolute Gasteiger partial charge is 0.334 e. The molecule has 0 fully saturated rings. The van der Waals surface area contributed by atoms with Crippen molar-refractivity contribution < 1.29 is 24.2 Å². The molecule has 132 valence electrons. The number of esters is 2. The lowest BCUT2D eigenvalue weighted by molar-refractivity contribution is -0.140. The van der Waals surface area contributed by atoms with Gasteiger partial charge in [0.2, 0.25) is 0 Å². The third-order valence-electron chi connectivity index (χ3n) is 2.56. The van der Waals surface area contributed by atoms with Gasteiger partial charge in [-0.25, -0.2) is 9.59 Å². The molecule has 0 saturated carbocycles. The summed E-state index contributed by atoms with van der Waals surface area (Å²) in [6.07, 6.45) is 4.28. The predicted octanol–water partition coefficient (Wildman–Crippen LogP) is 2.46. The van der Waals surface area contributed by atoms with E-state index in [4.69, 9.17) is 15.1 Å². The topological polar surface area (TPSA) is 96.6 Å². The molecule has 6 nitrogen and oxygen atoms in total. The Kier molecular flexibility index (Phi) is 12.6. The summed E-state index contributed by atoms with van der Waals surface area (Å²) in [5.74, 6) is -0.935. The number of hydrogen-bond donors (Lipinski definition) is 1. The maximum atomic E-state index is 11.5. The standard InChI is InChI=1S/C14H13NO2.C5H8O3/c1-12(7-5-6-10-15)14(16)17-11-13-8-3-2-4-9-13;1-2-5(7)8-4-3-6/h2-6,8-9H,1,7,11H2;2,6H,1,3-4H2. The fourth-order valence-electron chi connectivity index (χ4n) is 1.37. The fraction of sp³-hybridized carbons (Fsp3) is 0.211. The van der Waals surface area contributed by atoms with E-state index in [-0.39, 0.29) is 19.8 Å². The highest BCUT2D eigenvalue weighted by Crippen LogP contribution is 2.06. The molecule has 1 aromatic rings. The number of carbonyl (C=O) groups excluding carboxylic acids is 2. The quantitative estimate of drug-likeness (QED) is 0.442. The third-order valence-corrected chi connectivity index (χ3v) is 2.56. The predicted molar refractivity (Wildman–Crippen MR) is 93.0 cm³/mol. The van der Waals surface area contributed by atoms with Crippen molar-refractivity contribution in [1.82, 2.24) is 0 Å². The van der Waals surface area contributed by atoms with E-state index in [0.717, 1.165) is 11.6 Å². The van der Waals surface area contributed by atoms with Crippen LogP contribution in [0.2, 0.25) is 0 Å². The maximum absolute atomic E-state index is 11.5. The second-order valence-corrected chi connectivity index (χ2v) is 4.50. The first kappa shape index (κ1) is 21.8. The number of ether oxygens (including phenoxy) is 2. The molecule has 0 heterocycles. The number of nitriles is 1. The van der Waals surface area contributed by atoms with Gasteiger partial charge < -0.3 is 14.6 Å². The van der Waals surface area contributed by atoms with Crippen molar-refractivity contribution in [3.05, 3.63) is 72.9 Å². The Hall–Kier alpha value is -3.17. The van der Waals surface area contributed by atoms with E-state index in [9.17, 15) is 9.59 Å². The summed E-state index contributed by atoms with van der Waals surface area (Å²) < 4.78 is 9.40. The molecule has 1 N–H and O–H groups in total. The zero-order chi connectivity index (χ0) is 18.9. The molecule has 1 rings (SSSR count). The highest BCUT2D eigenvalue weighted by Gasteiger charge is 2.06. The first-order valence-corrected chi connectivity index (χ1v) is 7.38. The summed E-state index contributed by atoms with van der Waals surface area (Å²) in [5.41, 5.74) is 1.27. The lowest BCUT2D eigenvalue weighted by Gasteiger charge is -2.05. The Bertz CT molecular complexity index is 629. The van der Waals surface area contributed by atoms with Gasteiger partial charge in [0.15, 0.2) is 0 Å². The van der Waals surface area contributed by atoms with Crippen molar-refractivity contribution in [2.45, 2.75) is 13.0 Å². The molecule has 0 amide bonds. The van der Waals surface area contributed by atoms with Crippen LogP contribution >= 0.6 is 0 Å². The largest absolute Gasteiger partial charge is 0.460 e. The molecule has 0 unspecified atom stereocenters. The first-order chi connectivity index (χ1) is 12.0. The number of allylic oxidation sites excluding steroid dienone is 2. The average Bonchev–Trinajstić information content (AvgIpc) is 2.65. The Labute approximate surface area is 147 Å². The number of carbonyl (C=O) groups is 2. The van der Waals surface area contributed by atoms with Crippen molar-refractivity contribution in [3.63, 3.8) is 0 Å². The third kappa shape index (κ3) is 12.0. The van der Waals surface area contributed by atoms with Crippen LogP contribution in [-0.2, 0) is 25.7 Å². The molecule has 0 aromatic heterocycles. The van der Waals surface area contributed by atoms with Crippen LogP contribution in [0.1, 0.15) is 12.0 Å². The van der Waals surface area contributed by atoms with Crippen LogP contribution in [0.5, 0.6) is 0 Å². The van der Waals surface area contributed by atoms with Crippen molar-refractivity contribution in [2.24, 2.45) is 0 Å². The molecule has 1 aromatic carbocycles. The van der Waals surface area contributed by atoms with Gasteiger partial charge in [-0.3, -0.25) is 0 Å². The Morgan fingerprint density at radius 3 is 2.48 bits per heavy atom. The summed E-state index contributed by atoms with van der Waals surface area (Å²) in [6.45, 7) is 6.90. The molecule has 6 heteroatoms. The first-order valence-electron chi connectivity index (χ1n) is 7.38. The van der Waals surface area contributed by atoms with E-state index in [2.05, 4.69) is 17.9 Å². The fourth-order valence-corrected chi connectivity index (χ4v) is 1.37. The van der Waals surface area contributed by atoms with Crippen LogP contribution in [0.25, 0.3) is 0 Å². The van der Waals surface area contributed by atoms with Crippen LogP contribution in [0.15, 0.2) is 67.3 Å². The van der Waals surface area contributed by atoms with Crippen LogP contribution in [0.4, 0.5) is 0 Å². The molecular weight excluding hydrogens is 322 g/mol. The van der Waals surface area contributed by atoms with E-state index < -0.39 is 11.9 Å². The van der Waals surface area contributed by atoms with Gasteiger partial charge >= 0.3 is 11.9 Å². The van der Waals surface area contributed by atoms with E-state index in [1.54, 1.807) is 6.08 Å². The molecule has 0 spiro atoms. The van der Waals surface area contributed by atoms with E-state index >= 15 is 0 Å². The summed E-state index contributed by atoms with van der Waals surface area (Å²) in [6, 6.07) is 11.3. The van der Waals surface area contributed by atoms with Gasteiger partial charge in [0.25, 0.3) is 0 Å². The molecule has 0 radical (unpaired) electrons. The molecule has 0 aliphatic heterocycles. The van der Waals surface area contributed by atoms with Crippen molar-refractivity contribution >= 4 is 11.9 Å². The Morgan fingerprint density at radius 1 is 1.24 bits per heavy atom. The van der Waals surface area contributed by atoms with Crippen molar-refractivity contribution in [3.8, 4) is 6.07 Å². The van der Waals surface area contributed by atoms with Gasteiger partial charge in [0, 0.05) is 17.7 Å². The Balaban J connectivity index is 0.000000609. The van der Waals surface area contributed by atoms with Gasteiger partial charge in [0.05, 0.1) is 12.7 Å². The van der Waals surface area contributed by atoms with Crippen LogP contribution in [0.3, 0.4) is 0 Å². The van der Waals surface area contributed by atoms with Crippen LogP contribution < -0.4 is 0 Å². The molecule has 0 aliphatic rings. The number of aliphatic hydroxyl groups excluding tert-OH is 1. The lowest BCUT2D eigenvalue weighted by atomic mass is 10.2. The number of rotatable bonds is 8. The average molecular weight is 343 g/mol.